The van der Waals surface area contributed by atoms with Gasteiger partial charge in [-0.25, -0.2) is 4.98 Å². The summed E-state index contributed by atoms with van der Waals surface area (Å²) in [5.74, 6) is 0.723. The number of hydrogen-bond donors (Lipinski definition) is 2. The highest BCUT2D eigenvalue weighted by molar-refractivity contribution is 6.34. The van der Waals surface area contributed by atoms with Crippen LogP contribution in [0.4, 0.5) is 0 Å². The Morgan fingerprint density at radius 3 is 2.45 bits per heavy atom. The maximum Gasteiger partial charge on any atom is 0.220 e. The van der Waals surface area contributed by atoms with Crippen molar-refractivity contribution in [1.29, 1.82) is 0 Å². The van der Waals surface area contributed by atoms with Crippen LogP contribution in [0.15, 0.2) is 35.5 Å². The van der Waals surface area contributed by atoms with Gasteiger partial charge in [-0.1, -0.05) is 28.4 Å². The maximum atomic E-state index is 8.70. The molecule has 7 heteroatoms. The van der Waals surface area contributed by atoms with E-state index in [1.54, 1.807) is 37.3 Å². The first-order chi connectivity index (χ1) is 9.47. The highest BCUT2D eigenvalue weighted by Crippen LogP contribution is 2.28. The number of oxime groups is 1. The number of hydrogen-bond acceptors (Lipinski definition) is 4. The SMILES string of the molecule is Cc1cc(/C(N)=N/O)cc(Oc2cc(Cl)cc(Cl)c2)n1. The summed E-state index contributed by atoms with van der Waals surface area (Å²) in [5.41, 5.74) is 6.72. The van der Waals surface area contributed by atoms with Crippen LogP contribution in [0.25, 0.3) is 0 Å². The van der Waals surface area contributed by atoms with E-state index in [1.807, 2.05) is 0 Å². The van der Waals surface area contributed by atoms with E-state index < -0.39 is 0 Å². The van der Waals surface area contributed by atoms with Gasteiger partial charge < -0.3 is 15.7 Å². The molecule has 0 atom stereocenters. The molecule has 0 fully saturated rings. The summed E-state index contributed by atoms with van der Waals surface area (Å²) in [6.07, 6.45) is 0. The molecule has 104 valence electrons. The fourth-order valence-corrected chi connectivity index (χ4v) is 2.11. The summed E-state index contributed by atoms with van der Waals surface area (Å²) in [6.45, 7) is 1.77. The predicted molar refractivity (Wildman–Crippen MR) is 78.0 cm³/mol. The Balaban J connectivity index is 2.36. The second kappa shape index (κ2) is 5.98. The standard InChI is InChI=1S/C13H11Cl2N3O2/c1-7-2-8(13(16)18-19)3-12(17-7)20-11-5-9(14)4-10(15)6-11/h2-6,19H,1H3,(H2,16,18). The summed E-state index contributed by atoms with van der Waals surface area (Å²) in [6, 6.07) is 8.05. The lowest BCUT2D eigenvalue weighted by Gasteiger charge is -2.08. The van der Waals surface area contributed by atoms with Crippen molar-refractivity contribution in [3.05, 3.63) is 51.6 Å². The molecule has 0 saturated heterocycles. The van der Waals surface area contributed by atoms with Crippen LogP contribution in [-0.2, 0) is 0 Å². The third kappa shape index (κ3) is 3.53. The first-order valence-electron chi connectivity index (χ1n) is 5.58. The molecule has 1 heterocycles. The largest absolute Gasteiger partial charge is 0.439 e. The van der Waals surface area contributed by atoms with Gasteiger partial charge in [0.25, 0.3) is 0 Å². The smallest absolute Gasteiger partial charge is 0.220 e. The fraction of sp³-hybridized carbons (Fsp3) is 0.0769. The molecule has 0 amide bonds. The molecule has 1 aromatic carbocycles. The minimum atomic E-state index is -0.0236. The van der Waals surface area contributed by atoms with Crippen molar-refractivity contribution < 1.29 is 9.94 Å². The van der Waals surface area contributed by atoms with E-state index in [0.717, 1.165) is 0 Å². The van der Waals surface area contributed by atoms with Crippen LogP contribution in [-0.4, -0.2) is 16.0 Å². The van der Waals surface area contributed by atoms with E-state index in [-0.39, 0.29) is 5.84 Å². The Kier molecular flexibility index (Phi) is 4.32. The Hall–Kier alpha value is -1.98. The zero-order valence-electron chi connectivity index (χ0n) is 10.5. The average molecular weight is 312 g/mol. The van der Waals surface area contributed by atoms with Gasteiger partial charge in [0.15, 0.2) is 5.84 Å². The molecule has 5 nitrogen and oxygen atoms in total. The third-order valence-electron chi connectivity index (χ3n) is 2.39. The molecule has 0 aliphatic heterocycles. The molecule has 2 aromatic rings. The molecular formula is C13H11Cl2N3O2. The van der Waals surface area contributed by atoms with Gasteiger partial charge in [-0.15, -0.1) is 0 Å². The van der Waals surface area contributed by atoms with Gasteiger partial charge in [-0.3, -0.25) is 0 Å². The van der Waals surface area contributed by atoms with Crippen molar-refractivity contribution in [2.75, 3.05) is 0 Å². The predicted octanol–water partition coefficient (Wildman–Crippen LogP) is 3.58. The van der Waals surface area contributed by atoms with E-state index in [4.69, 9.17) is 38.9 Å². The van der Waals surface area contributed by atoms with Crippen molar-refractivity contribution in [2.24, 2.45) is 10.9 Å². The van der Waals surface area contributed by atoms with E-state index >= 15 is 0 Å². The van der Waals surface area contributed by atoms with Crippen LogP contribution in [0.3, 0.4) is 0 Å². The van der Waals surface area contributed by atoms with Crippen LogP contribution in [0, 0.1) is 6.92 Å². The van der Waals surface area contributed by atoms with E-state index in [0.29, 0.717) is 32.9 Å². The first kappa shape index (κ1) is 14.4. The van der Waals surface area contributed by atoms with Crippen LogP contribution >= 0.6 is 23.2 Å². The zero-order valence-corrected chi connectivity index (χ0v) is 12.0. The minimum absolute atomic E-state index is 0.0236. The number of nitrogens with two attached hydrogens (primary N) is 1. The van der Waals surface area contributed by atoms with E-state index in [9.17, 15) is 0 Å². The molecule has 2 rings (SSSR count). The molecule has 1 aromatic heterocycles. The summed E-state index contributed by atoms with van der Waals surface area (Å²) in [7, 11) is 0. The van der Waals surface area contributed by atoms with Crippen molar-refractivity contribution in [2.45, 2.75) is 6.92 Å². The normalized spacial score (nSPS) is 11.4. The molecule has 3 N–H and O–H groups in total. The number of aromatic nitrogens is 1. The molecule has 0 aliphatic rings. The number of aryl methyl sites for hydroxylation is 1. The van der Waals surface area contributed by atoms with Gasteiger partial charge in [-0.2, -0.15) is 0 Å². The van der Waals surface area contributed by atoms with Crippen molar-refractivity contribution in [3.63, 3.8) is 0 Å². The molecule has 0 aliphatic carbocycles. The Bertz CT molecular complexity index is 654. The molecular weight excluding hydrogens is 301 g/mol. The number of nitrogens with zero attached hydrogens (tertiary/aromatic N) is 2. The fourth-order valence-electron chi connectivity index (χ4n) is 1.60. The molecule has 0 saturated carbocycles. The summed E-state index contributed by atoms with van der Waals surface area (Å²) >= 11 is 11.8. The van der Waals surface area contributed by atoms with Gasteiger partial charge in [0.1, 0.15) is 5.75 Å². The average Bonchev–Trinajstić information content (AvgIpc) is 2.35. The van der Waals surface area contributed by atoms with Crippen molar-refractivity contribution in [1.82, 2.24) is 4.98 Å². The maximum absolute atomic E-state index is 8.70. The van der Waals surface area contributed by atoms with Gasteiger partial charge in [-0.05, 0) is 31.2 Å². The van der Waals surface area contributed by atoms with Gasteiger partial charge in [0, 0.05) is 27.4 Å². The Morgan fingerprint density at radius 2 is 1.85 bits per heavy atom. The van der Waals surface area contributed by atoms with Crippen LogP contribution in [0.1, 0.15) is 11.3 Å². The van der Waals surface area contributed by atoms with Crippen LogP contribution in [0.5, 0.6) is 11.6 Å². The third-order valence-corrected chi connectivity index (χ3v) is 2.83. The lowest BCUT2D eigenvalue weighted by atomic mass is 10.2. The van der Waals surface area contributed by atoms with Gasteiger partial charge in [0.05, 0.1) is 0 Å². The molecule has 0 radical (unpaired) electrons. The second-order valence-electron chi connectivity index (χ2n) is 4.03. The molecule has 0 unspecified atom stereocenters. The highest BCUT2D eigenvalue weighted by Gasteiger charge is 2.07. The lowest BCUT2D eigenvalue weighted by Crippen LogP contribution is -2.13. The van der Waals surface area contributed by atoms with Gasteiger partial charge >= 0.3 is 0 Å². The summed E-state index contributed by atoms with van der Waals surface area (Å²) < 4.78 is 5.58. The van der Waals surface area contributed by atoms with Gasteiger partial charge in [0.2, 0.25) is 5.88 Å². The summed E-state index contributed by atoms with van der Waals surface area (Å²) in [5, 5.41) is 12.6. The van der Waals surface area contributed by atoms with E-state index in [2.05, 4.69) is 10.1 Å². The quantitative estimate of drug-likeness (QED) is 0.393. The topological polar surface area (TPSA) is 80.7 Å². The summed E-state index contributed by atoms with van der Waals surface area (Å²) in [4.78, 5) is 4.20. The Morgan fingerprint density at radius 1 is 1.20 bits per heavy atom. The number of amidine groups is 1. The number of pyridine rings is 1. The second-order valence-corrected chi connectivity index (χ2v) is 4.90. The number of halogens is 2. The minimum Gasteiger partial charge on any atom is -0.439 e. The number of benzene rings is 1. The first-order valence-corrected chi connectivity index (χ1v) is 6.34. The van der Waals surface area contributed by atoms with E-state index in [1.165, 1.54) is 0 Å². The Labute approximate surface area is 125 Å². The number of rotatable bonds is 3. The van der Waals surface area contributed by atoms with Crippen LogP contribution in [0.2, 0.25) is 10.0 Å². The molecule has 0 spiro atoms. The van der Waals surface area contributed by atoms with Crippen LogP contribution < -0.4 is 10.5 Å². The van der Waals surface area contributed by atoms with Crippen molar-refractivity contribution in [3.8, 4) is 11.6 Å². The lowest BCUT2D eigenvalue weighted by molar-refractivity contribution is 0.318. The zero-order chi connectivity index (χ0) is 14.7. The highest BCUT2D eigenvalue weighted by atomic mass is 35.5. The molecule has 20 heavy (non-hydrogen) atoms. The van der Waals surface area contributed by atoms with Crippen molar-refractivity contribution >= 4 is 29.0 Å². The monoisotopic (exact) mass is 311 g/mol. The molecule has 0 bridgehead atoms. The number of ether oxygens (including phenoxy) is 1.